The Hall–Kier alpha value is -2.31. The minimum absolute atomic E-state index is 0.000950. The van der Waals surface area contributed by atoms with Crippen molar-refractivity contribution in [1.82, 2.24) is 0 Å². The van der Waals surface area contributed by atoms with Crippen LogP contribution in [0.25, 0.3) is 0 Å². The second-order valence-corrected chi connectivity index (χ2v) is 8.57. The van der Waals surface area contributed by atoms with Crippen LogP contribution in [0.3, 0.4) is 0 Å². The number of carbonyl (C=O) groups excluding carboxylic acids is 1. The summed E-state index contributed by atoms with van der Waals surface area (Å²) in [6.45, 7) is 9.54. The maximum atomic E-state index is 13.0. The lowest BCUT2D eigenvalue weighted by atomic mass is 10.1. The van der Waals surface area contributed by atoms with Crippen LogP contribution in [0.1, 0.15) is 115 Å². The predicted molar refractivity (Wildman–Crippen MR) is 135 cm³/mol. The van der Waals surface area contributed by atoms with E-state index < -0.39 is 17.5 Å². The lowest BCUT2D eigenvalue weighted by Crippen LogP contribution is -2.13. The van der Waals surface area contributed by atoms with E-state index in [9.17, 15) is 15.0 Å². The molecule has 0 amide bonds. The average molecular weight is 483 g/mol. The molecule has 7 nitrogen and oxygen atoms in total. The molecule has 1 aromatic carbocycles. The largest absolute Gasteiger partial charge is 0.503 e. The summed E-state index contributed by atoms with van der Waals surface area (Å²) in [5.41, 5.74) is -0.214. The number of carbonyl (C=O) groups is 1. The molecule has 0 spiro atoms. The molecule has 0 radical (unpaired) electrons. The van der Waals surface area contributed by atoms with Crippen LogP contribution in [0.2, 0.25) is 0 Å². The van der Waals surface area contributed by atoms with Crippen LogP contribution in [0.15, 0.2) is 0 Å². The molecule has 1 aromatic rings. The van der Waals surface area contributed by atoms with Crippen molar-refractivity contribution in [3.8, 4) is 28.7 Å². The first-order valence-electron chi connectivity index (χ1n) is 13.2. The maximum Gasteiger partial charge on any atom is 0.346 e. The van der Waals surface area contributed by atoms with Crippen molar-refractivity contribution >= 4 is 5.97 Å². The third kappa shape index (κ3) is 9.90. The Bertz CT molecular complexity index is 703. The number of esters is 1. The van der Waals surface area contributed by atoms with Gasteiger partial charge in [-0.25, -0.2) is 4.79 Å². The normalized spacial score (nSPS) is 10.8. The topological polar surface area (TPSA) is 94.5 Å². The van der Waals surface area contributed by atoms with Crippen LogP contribution in [0, 0.1) is 0 Å². The Labute approximate surface area is 205 Å². The summed E-state index contributed by atoms with van der Waals surface area (Å²) in [7, 11) is 0. The molecule has 0 bridgehead atoms. The molecular formula is C27H46O7. The fourth-order valence-electron chi connectivity index (χ4n) is 3.32. The van der Waals surface area contributed by atoms with Gasteiger partial charge in [0.15, 0.2) is 17.1 Å². The number of unbranched alkanes of at least 4 members (excludes halogenated alkanes) is 8. The molecule has 0 aliphatic carbocycles. The van der Waals surface area contributed by atoms with Gasteiger partial charge in [0.1, 0.15) is 0 Å². The van der Waals surface area contributed by atoms with E-state index in [1.54, 1.807) is 0 Å². The summed E-state index contributed by atoms with van der Waals surface area (Å²) in [6, 6.07) is 0. The molecule has 0 aromatic heterocycles. The minimum Gasteiger partial charge on any atom is -0.503 e. The van der Waals surface area contributed by atoms with Gasteiger partial charge in [-0.05, 0) is 25.7 Å². The van der Waals surface area contributed by atoms with E-state index in [0.29, 0.717) is 19.8 Å². The zero-order chi connectivity index (χ0) is 25.2. The SMILES string of the molecule is CCCCCCCCOC(=O)c1c(O)c(O)c(OCCCC)c(OCCCC)c1OCCCC. The van der Waals surface area contributed by atoms with Crippen LogP contribution in [0.5, 0.6) is 28.7 Å². The molecule has 1 rings (SSSR count). The van der Waals surface area contributed by atoms with Gasteiger partial charge in [0.05, 0.1) is 26.4 Å². The number of hydrogen-bond donors (Lipinski definition) is 2. The van der Waals surface area contributed by atoms with Gasteiger partial charge in [-0.1, -0.05) is 79.1 Å². The summed E-state index contributed by atoms with van der Waals surface area (Å²) in [5, 5.41) is 21.5. The zero-order valence-electron chi connectivity index (χ0n) is 21.7. The quantitative estimate of drug-likeness (QED) is 0.116. The van der Waals surface area contributed by atoms with Crippen LogP contribution >= 0.6 is 0 Å². The molecule has 0 unspecified atom stereocenters. The van der Waals surface area contributed by atoms with Crippen molar-refractivity contribution in [3.05, 3.63) is 5.56 Å². The van der Waals surface area contributed by atoms with Gasteiger partial charge >= 0.3 is 5.97 Å². The van der Waals surface area contributed by atoms with Crippen LogP contribution in [-0.2, 0) is 4.74 Å². The van der Waals surface area contributed by atoms with Gasteiger partial charge in [-0.3, -0.25) is 0 Å². The monoisotopic (exact) mass is 482 g/mol. The predicted octanol–water partition coefficient (Wildman–Crippen LogP) is 7.15. The van der Waals surface area contributed by atoms with Gasteiger partial charge < -0.3 is 29.2 Å². The lowest BCUT2D eigenvalue weighted by Gasteiger charge is -2.21. The molecule has 0 aliphatic rings. The van der Waals surface area contributed by atoms with Crippen molar-refractivity contribution in [2.24, 2.45) is 0 Å². The van der Waals surface area contributed by atoms with E-state index in [1.807, 2.05) is 20.8 Å². The average Bonchev–Trinajstić information content (AvgIpc) is 2.83. The first-order valence-corrected chi connectivity index (χ1v) is 13.2. The Morgan fingerprint density at radius 3 is 1.59 bits per heavy atom. The molecule has 0 aliphatic heterocycles. The highest BCUT2D eigenvalue weighted by molar-refractivity contribution is 5.99. The summed E-state index contributed by atoms with van der Waals surface area (Å²) in [6.07, 6.45) is 11.4. The van der Waals surface area contributed by atoms with E-state index in [4.69, 9.17) is 18.9 Å². The van der Waals surface area contributed by atoms with Gasteiger partial charge in [0, 0.05) is 0 Å². The minimum atomic E-state index is -0.742. The van der Waals surface area contributed by atoms with Crippen molar-refractivity contribution in [2.75, 3.05) is 26.4 Å². The smallest absolute Gasteiger partial charge is 0.346 e. The fraction of sp³-hybridized carbons (Fsp3) is 0.741. The van der Waals surface area contributed by atoms with E-state index in [1.165, 1.54) is 19.3 Å². The van der Waals surface area contributed by atoms with Crippen molar-refractivity contribution < 1.29 is 34.0 Å². The van der Waals surface area contributed by atoms with Crippen molar-refractivity contribution in [2.45, 2.75) is 105 Å². The highest BCUT2D eigenvalue weighted by atomic mass is 16.6. The van der Waals surface area contributed by atoms with Crippen LogP contribution < -0.4 is 14.2 Å². The molecule has 196 valence electrons. The third-order valence-corrected chi connectivity index (χ3v) is 5.48. The first kappa shape index (κ1) is 29.7. The number of phenols is 2. The number of rotatable bonds is 20. The van der Waals surface area contributed by atoms with Gasteiger partial charge in [-0.15, -0.1) is 0 Å². The summed E-state index contributed by atoms with van der Waals surface area (Å²) >= 11 is 0. The second kappa shape index (κ2) is 18.1. The molecule has 34 heavy (non-hydrogen) atoms. The van der Waals surface area contributed by atoms with Crippen LogP contribution in [-0.4, -0.2) is 42.6 Å². The number of ether oxygens (including phenoxy) is 4. The fourth-order valence-corrected chi connectivity index (χ4v) is 3.32. The standard InChI is InChI=1S/C27H46O7/c1-5-9-13-14-15-16-20-34-27(30)21-22(28)23(29)25(32-18-11-7-3)26(33-19-12-8-4)24(21)31-17-10-6-2/h28-29H,5-20H2,1-4H3. The molecule has 0 fully saturated rings. The third-order valence-electron chi connectivity index (χ3n) is 5.48. The maximum absolute atomic E-state index is 13.0. The Morgan fingerprint density at radius 1 is 0.559 bits per heavy atom. The molecule has 7 heteroatoms. The Morgan fingerprint density at radius 2 is 1.03 bits per heavy atom. The summed E-state index contributed by atoms with van der Waals surface area (Å²) in [4.78, 5) is 13.0. The number of aromatic hydroxyl groups is 2. The Kier molecular flexibility index (Phi) is 15.8. The lowest BCUT2D eigenvalue weighted by molar-refractivity contribution is 0.0487. The number of benzene rings is 1. The van der Waals surface area contributed by atoms with E-state index in [0.717, 1.165) is 57.8 Å². The summed E-state index contributed by atoms with van der Waals surface area (Å²) < 4.78 is 23.1. The molecular weight excluding hydrogens is 436 g/mol. The first-order chi connectivity index (χ1) is 16.5. The number of hydrogen-bond acceptors (Lipinski definition) is 7. The highest BCUT2D eigenvalue weighted by Gasteiger charge is 2.32. The molecule has 0 heterocycles. The number of phenolic OH excluding ortho intramolecular Hbond substituents is 2. The molecule has 0 atom stereocenters. The molecule has 0 saturated carbocycles. The van der Waals surface area contributed by atoms with Gasteiger partial charge in [-0.2, -0.15) is 0 Å². The van der Waals surface area contributed by atoms with Crippen molar-refractivity contribution in [3.63, 3.8) is 0 Å². The molecule has 2 N–H and O–H groups in total. The van der Waals surface area contributed by atoms with E-state index >= 15 is 0 Å². The van der Waals surface area contributed by atoms with E-state index in [-0.39, 0.29) is 29.4 Å². The van der Waals surface area contributed by atoms with Crippen LogP contribution in [0.4, 0.5) is 0 Å². The molecule has 0 saturated heterocycles. The summed E-state index contributed by atoms with van der Waals surface area (Å²) in [5.74, 6) is -1.66. The zero-order valence-corrected chi connectivity index (χ0v) is 21.7. The second-order valence-electron chi connectivity index (χ2n) is 8.57. The van der Waals surface area contributed by atoms with Gasteiger partial charge in [0.2, 0.25) is 17.2 Å². The Balaban J connectivity index is 3.20. The van der Waals surface area contributed by atoms with E-state index in [2.05, 4.69) is 6.92 Å². The van der Waals surface area contributed by atoms with Gasteiger partial charge in [0.25, 0.3) is 0 Å². The highest BCUT2D eigenvalue weighted by Crippen LogP contribution is 2.53. The van der Waals surface area contributed by atoms with Crippen molar-refractivity contribution in [1.29, 1.82) is 0 Å².